The third-order valence-electron chi connectivity index (χ3n) is 5.88. The summed E-state index contributed by atoms with van der Waals surface area (Å²) in [5.41, 5.74) is 4.31. The summed E-state index contributed by atoms with van der Waals surface area (Å²) in [5.74, 6) is 0.460. The lowest BCUT2D eigenvalue weighted by Gasteiger charge is -2.32. The van der Waals surface area contributed by atoms with Crippen molar-refractivity contribution in [1.29, 1.82) is 0 Å². The second-order valence-electron chi connectivity index (χ2n) is 8.27. The van der Waals surface area contributed by atoms with Crippen molar-refractivity contribution in [2.75, 3.05) is 40.4 Å². The van der Waals surface area contributed by atoms with E-state index < -0.39 is 0 Å². The minimum Gasteiger partial charge on any atom is -0.473 e. The summed E-state index contributed by atoms with van der Waals surface area (Å²) < 4.78 is 11.8. The van der Waals surface area contributed by atoms with Crippen LogP contribution in [-0.4, -0.2) is 77.2 Å². The van der Waals surface area contributed by atoms with E-state index in [1.807, 2.05) is 6.07 Å². The number of carbonyl (C=O) groups excluding carboxylic acids is 1. The number of carbonyl (C=O) groups is 1. The first-order valence-electron chi connectivity index (χ1n) is 10.8. The van der Waals surface area contributed by atoms with Gasteiger partial charge in [0, 0.05) is 37.5 Å². The molecule has 0 saturated carbocycles. The zero-order valence-electron chi connectivity index (χ0n) is 19.5. The lowest BCUT2D eigenvalue weighted by molar-refractivity contribution is -0.137. The van der Waals surface area contributed by atoms with Gasteiger partial charge in [-0.1, -0.05) is 24.3 Å². The molecule has 1 aliphatic heterocycles. The van der Waals surface area contributed by atoms with Crippen LogP contribution in [-0.2, 0) is 9.53 Å². The molecule has 1 saturated heterocycles. The molecule has 3 aromatic rings. The van der Waals surface area contributed by atoms with E-state index in [0.717, 1.165) is 11.3 Å². The molecule has 0 spiro atoms. The Labute approximate surface area is 201 Å². The van der Waals surface area contributed by atoms with Gasteiger partial charge in [0.25, 0.3) is 0 Å². The van der Waals surface area contributed by atoms with Crippen molar-refractivity contribution >= 4 is 30.4 Å². The topological polar surface area (TPSA) is 80.7 Å². The van der Waals surface area contributed by atoms with E-state index in [1.165, 1.54) is 5.56 Å². The van der Waals surface area contributed by atoms with E-state index in [1.54, 1.807) is 24.2 Å². The van der Waals surface area contributed by atoms with Gasteiger partial charge in [-0.2, -0.15) is 13.5 Å². The minimum atomic E-state index is -0.211. The number of hydrogen-bond acceptors (Lipinski definition) is 7. The number of hydrogen-bond donors (Lipinski definition) is 0. The van der Waals surface area contributed by atoms with Crippen molar-refractivity contribution in [3.8, 4) is 17.1 Å². The Kier molecular flexibility index (Phi) is 8.23. The van der Waals surface area contributed by atoms with E-state index in [4.69, 9.17) is 14.5 Å². The van der Waals surface area contributed by atoms with Gasteiger partial charge >= 0.3 is 0 Å². The first kappa shape index (κ1) is 24.9. The van der Waals surface area contributed by atoms with Gasteiger partial charge in [-0.05, 0) is 32.6 Å². The number of fused-ring (bicyclic) bond motifs is 1. The maximum Gasteiger partial charge on any atom is 0.242 e. The maximum atomic E-state index is 11.7. The van der Waals surface area contributed by atoms with Gasteiger partial charge in [0.2, 0.25) is 11.8 Å². The van der Waals surface area contributed by atoms with Crippen molar-refractivity contribution in [3.05, 3.63) is 48.3 Å². The standard InChI is InChI=1S/C24H29N5O3.H2S/c1-16(28(3)4)18-5-7-19(8-6-18)21-13-22-23(26-10-9-25-22)24(27-21)32-15-20-14-29(17(2)30)11-12-31-20;/h5-10,13,16,20H,11-12,14-15H2,1-4H3;1H2/t16?,20-;/m0./s1. The fourth-order valence-corrected chi connectivity index (χ4v) is 3.70. The Bertz CT molecular complexity index is 1090. The highest BCUT2D eigenvalue weighted by Crippen LogP contribution is 2.28. The third-order valence-corrected chi connectivity index (χ3v) is 5.88. The van der Waals surface area contributed by atoms with E-state index in [-0.39, 0.29) is 32.1 Å². The van der Waals surface area contributed by atoms with Gasteiger partial charge in [-0.3, -0.25) is 9.78 Å². The first-order chi connectivity index (χ1) is 15.4. The highest BCUT2D eigenvalue weighted by atomic mass is 32.1. The summed E-state index contributed by atoms with van der Waals surface area (Å²) in [5, 5.41) is 0. The number of benzene rings is 1. The van der Waals surface area contributed by atoms with Crippen LogP contribution in [0.15, 0.2) is 42.7 Å². The third kappa shape index (κ3) is 5.79. The predicted molar refractivity (Wildman–Crippen MR) is 133 cm³/mol. The largest absolute Gasteiger partial charge is 0.473 e. The molecule has 8 nitrogen and oxygen atoms in total. The summed E-state index contributed by atoms with van der Waals surface area (Å²) in [6.45, 7) is 5.64. The van der Waals surface area contributed by atoms with Crippen molar-refractivity contribution < 1.29 is 14.3 Å². The molecule has 1 amide bonds. The van der Waals surface area contributed by atoms with E-state index in [2.05, 4.69) is 60.2 Å². The van der Waals surface area contributed by atoms with E-state index in [9.17, 15) is 4.79 Å². The van der Waals surface area contributed by atoms with Crippen LogP contribution in [0.25, 0.3) is 22.3 Å². The van der Waals surface area contributed by atoms with E-state index >= 15 is 0 Å². The lowest BCUT2D eigenvalue weighted by atomic mass is 10.0. The van der Waals surface area contributed by atoms with Crippen molar-refractivity contribution in [2.24, 2.45) is 0 Å². The molecule has 1 aliphatic rings. The maximum absolute atomic E-state index is 11.7. The lowest BCUT2D eigenvalue weighted by Crippen LogP contribution is -2.46. The Morgan fingerprint density at radius 2 is 1.97 bits per heavy atom. The second-order valence-corrected chi connectivity index (χ2v) is 8.27. The Morgan fingerprint density at radius 1 is 1.24 bits per heavy atom. The molecule has 176 valence electrons. The molecule has 0 aliphatic carbocycles. The zero-order valence-corrected chi connectivity index (χ0v) is 20.5. The van der Waals surface area contributed by atoms with Crippen LogP contribution in [0.5, 0.6) is 5.88 Å². The Hall–Kier alpha value is -2.75. The fraction of sp³-hybridized carbons (Fsp3) is 0.417. The number of rotatable bonds is 6. The van der Waals surface area contributed by atoms with Crippen LogP contribution in [0.4, 0.5) is 0 Å². The molecule has 0 radical (unpaired) electrons. The smallest absolute Gasteiger partial charge is 0.242 e. The molecular formula is C24H31N5O3S. The summed E-state index contributed by atoms with van der Waals surface area (Å²) in [4.78, 5) is 29.3. The van der Waals surface area contributed by atoms with Crippen LogP contribution < -0.4 is 4.74 Å². The van der Waals surface area contributed by atoms with Gasteiger partial charge in [-0.15, -0.1) is 0 Å². The van der Waals surface area contributed by atoms with Gasteiger partial charge < -0.3 is 19.3 Å². The first-order valence-corrected chi connectivity index (χ1v) is 10.8. The molecule has 1 unspecified atom stereocenters. The average molecular weight is 470 g/mol. The quantitative estimate of drug-likeness (QED) is 0.549. The van der Waals surface area contributed by atoms with Crippen molar-refractivity contribution in [1.82, 2.24) is 24.8 Å². The number of aromatic nitrogens is 3. The normalized spacial score (nSPS) is 17.0. The van der Waals surface area contributed by atoms with Gasteiger partial charge in [0.1, 0.15) is 12.7 Å². The van der Waals surface area contributed by atoms with E-state index in [0.29, 0.717) is 42.7 Å². The Balaban J connectivity index is 0.00000306. The second kappa shape index (κ2) is 10.9. The fourth-order valence-electron chi connectivity index (χ4n) is 3.70. The van der Waals surface area contributed by atoms with Crippen LogP contribution in [0, 0.1) is 0 Å². The monoisotopic (exact) mass is 469 g/mol. The van der Waals surface area contributed by atoms with Gasteiger partial charge in [0.05, 0.1) is 24.4 Å². The molecule has 1 aromatic carbocycles. The summed E-state index contributed by atoms with van der Waals surface area (Å²) in [7, 11) is 4.13. The molecule has 0 bridgehead atoms. The number of morpholine rings is 1. The molecule has 2 aromatic heterocycles. The number of pyridine rings is 1. The highest BCUT2D eigenvalue weighted by molar-refractivity contribution is 7.59. The zero-order chi connectivity index (χ0) is 22.7. The SMILES string of the molecule is CC(=O)N1CCO[C@H](COc2nc(-c3ccc(C(C)N(C)C)cc3)cc3nccnc23)C1.S. The van der Waals surface area contributed by atoms with Crippen LogP contribution >= 0.6 is 13.5 Å². The van der Waals surface area contributed by atoms with Gasteiger partial charge in [-0.25, -0.2) is 9.97 Å². The molecule has 4 rings (SSSR count). The summed E-state index contributed by atoms with van der Waals surface area (Å²) in [6, 6.07) is 10.6. The van der Waals surface area contributed by atoms with Gasteiger partial charge in [0.15, 0.2) is 5.52 Å². The molecule has 2 atom stereocenters. The number of nitrogens with zero attached hydrogens (tertiary/aromatic N) is 5. The molecule has 0 N–H and O–H groups in total. The summed E-state index contributed by atoms with van der Waals surface area (Å²) in [6.07, 6.45) is 3.08. The highest BCUT2D eigenvalue weighted by Gasteiger charge is 2.23. The molecule has 1 fully saturated rings. The molecule has 9 heteroatoms. The average Bonchev–Trinajstić information content (AvgIpc) is 2.82. The van der Waals surface area contributed by atoms with Crippen molar-refractivity contribution in [3.63, 3.8) is 0 Å². The number of amides is 1. The van der Waals surface area contributed by atoms with Crippen LogP contribution in [0.1, 0.15) is 25.5 Å². The molecular weight excluding hydrogens is 438 g/mol. The predicted octanol–water partition coefficient (Wildman–Crippen LogP) is 3.05. The van der Waals surface area contributed by atoms with Crippen LogP contribution in [0.3, 0.4) is 0 Å². The Morgan fingerprint density at radius 3 is 2.67 bits per heavy atom. The number of ether oxygens (including phenoxy) is 2. The summed E-state index contributed by atoms with van der Waals surface area (Å²) >= 11 is 0. The van der Waals surface area contributed by atoms with Crippen LogP contribution in [0.2, 0.25) is 0 Å². The molecule has 33 heavy (non-hydrogen) atoms. The minimum absolute atomic E-state index is 0. The van der Waals surface area contributed by atoms with Crippen molar-refractivity contribution in [2.45, 2.75) is 26.0 Å². The molecule has 3 heterocycles.